The summed E-state index contributed by atoms with van der Waals surface area (Å²) in [6, 6.07) is 41.3. The fraction of sp³-hybridized carbons (Fsp3) is 0.349. The summed E-state index contributed by atoms with van der Waals surface area (Å²) in [5.74, 6) is 3.92. The Hall–Kier alpha value is -2.78. The molecule has 4 fully saturated rings. The van der Waals surface area contributed by atoms with Gasteiger partial charge in [-0.1, -0.05) is 115 Å². The first-order chi connectivity index (χ1) is 22.1. The lowest BCUT2D eigenvalue weighted by molar-refractivity contribution is -0.0767. The van der Waals surface area contributed by atoms with Crippen LogP contribution in [0.4, 0.5) is 0 Å². The normalized spacial score (nSPS) is 28.6. The molecule has 0 aliphatic heterocycles. The number of rotatable bonds is 8. The molecular weight excluding hydrogens is 578 g/mol. The molecule has 0 heterocycles. The molecular formula is C43H46P2. The van der Waals surface area contributed by atoms with Crippen LogP contribution in [0.2, 0.25) is 0 Å². The number of benzene rings is 4. The zero-order valence-electron chi connectivity index (χ0n) is 26.8. The average Bonchev–Trinajstić information content (AvgIpc) is 3.45. The number of allylic oxidation sites excluding steroid dienone is 4. The van der Waals surface area contributed by atoms with E-state index < -0.39 is 7.92 Å². The van der Waals surface area contributed by atoms with Crippen molar-refractivity contribution in [3.8, 4) is 0 Å². The van der Waals surface area contributed by atoms with Gasteiger partial charge in [0.1, 0.15) is 0 Å². The van der Waals surface area contributed by atoms with Gasteiger partial charge in [0.05, 0.1) is 0 Å². The van der Waals surface area contributed by atoms with Gasteiger partial charge in [-0.05, 0) is 139 Å². The summed E-state index contributed by atoms with van der Waals surface area (Å²) in [7, 11) is 2.78. The Balaban J connectivity index is 1.37. The van der Waals surface area contributed by atoms with E-state index in [9.17, 15) is 0 Å². The Bertz CT molecular complexity index is 1670. The Kier molecular flexibility index (Phi) is 7.97. The fourth-order valence-electron chi connectivity index (χ4n) is 10.4. The fourth-order valence-corrected chi connectivity index (χ4v) is 14.1. The third-order valence-corrected chi connectivity index (χ3v) is 15.7. The molecule has 2 heteroatoms. The predicted molar refractivity (Wildman–Crippen MR) is 199 cm³/mol. The molecule has 0 saturated heterocycles. The van der Waals surface area contributed by atoms with Crippen LogP contribution >= 0.6 is 17.2 Å². The summed E-state index contributed by atoms with van der Waals surface area (Å²) in [6.07, 6.45) is 12.3. The highest BCUT2D eigenvalue weighted by atomic mass is 31.1. The first-order valence-electron chi connectivity index (χ1n) is 17.2. The summed E-state index contributed by atoms with van der Waals surface area (Å²) in [4.78, 5) is 0. The molecule has 2 atom stereocenters. The Morgan fingerprint density at radius 3 is 1.62 bits per heavy atom. The molecule has 4 bridgehead atoms. The number of aryl methyl sites for hydroxylation is 2. The smallest absolute Gasteiger partial charge is 0.00468 e. The topological polar surface area (TPSA) is 0 Å². The summed E-state index contributed by atoms with van der Waals surface area (Å²) in [6.45, 7) is 4.66. The van der Waals surface area contributed by atoms with Crippen LogP contribution in [0, 0.1) is 48.9 Å². The maximum absolute atomic E-state index is 3.33. The second-order valence-electron chi connectivity index (χ2n) is 14.4. The Labute approximate surface area is 274 Å². The minimum atomic E-state index is -0.555. The molecule has 45 heavy (non-hydrogen) atoms. The van der Waals surface area contributed by atoms with Crippen LogP contribution in [0.3, 0.4) is 0 Å². The standard InChI is InChI=1S/C43H46P2/c1-29-13-9-11-19-39(29)45(40-20-12-10-14-30(40)2)27-35-26-38(33-15-5-3-6-16-33)41(34-17-7-4-8-18-34)42(35)43(28-44)36-22-31-21-32(24-36)25-37(43)23-31/h3-20,26,31-32,35-37H,21-25,27-28,44H2,1-2H3. The van der Waals surface area contributed by atoms with E-state index in [0.29, 0.717) is 5.92 Å². The molecule has 0 radical (unpaired) electrons. The van der Waals surface area contributed by atoms with Gasteiger partial charge < -0.3 is 0 Å². The van der Waals surface area contributed by atoms with Crippen molar-refractivity contribution in [1.82, 2.24) is 0 Å². The minimum absolute atomic E-state index is 0.249. The van der Waals surface area contributed by atoms with Gasteiger partial charge in [-0.15, -0.1) is 9.24 Å². The molecule has 0 N–H and O–H groups in total. The summed E-state index contributed by atoms with van der Waals surface area (Å²) < 4.78 is 0. The van der Waals surface area contributed by atoms with E-state index in [1.807, 2.05) is 0 Å². The lowest BCUT2D eigenvalue weighted by Gasteiger charge is -2.63. The highest BCUT2D eigenvalue weighted by Crippen LogP contribution is 2.69. The third kappa shape index (κ3) is 5.03. The van der Waals surface area contributed by atoms with Crippen LogP contribution in [0.25, 0.3) is 11.1 Å². The molecule has 4 aromatic carbocycles. The molecule has 0 aromatic heterocycles. The van der Waals surface area contributed by atoms with Gasteiger partial charge in [-0.2, -0.15) is 0 Å². The molecule has 2 unspecified atom stereocenters. The summed E-state index contributed by atoms with van der Waals surface area (Å²) >= 11 is 0. The van der Waals surface area contributed by atoms with E-state index in [1.165, 1.54) is 72.3 Å². The van der Waals surface area contributed by atoms with Crippen molar-refractivity contribution in [2.24, 2.45) is 35.0 Å². The van der Waals surface area contributed by atoms with Crippen LogP contribution in [-0.4, -0.2) is 12.3 Å². The largest absolute Gasteiger partial charge is 0.137 e. The molecule has 5 aliphatic rings. The van der Waals surface area contributed by atoms with Gasteiger partial charge in [0.2, 0.25) is 0 Å². The van der Waals surface area contributed by atoms with Gasteiger partial charge in [-0.3, -0.25) is 0 Å². The minimum Gasteiger partial charge on any atom is -0.137 e. The first kappa shape index (κ1) is 29.6. The van der Waals surface area contributed by atoms with Crippen molar-refractivity contribution in [3.05, 3.63) is 143 Å². The van der Waals surface area contributed by atoms with Crippen molar-refractivity contribution >= 4 is 38.9 Å². The van der Waals surface area contributed by atoms with E-state index in [1.54, 1.807) is 21.8 Å². The van der Waals surface area contributed by atoms with Crippen LogP contribution < -0.4 is 10.6 Å². The van der Waals surface area contributed by atoms with Crippen molar-refractivity contribution in [2.45, 2.75) is 46.0 Å². The molecule has 0 amide bonds. The van der Waals surface area contributed by atoms with Crippen molar-refractivity contribution < 1.29 is 0 Å². The van der Waals surface area contributed by atoms with Crippen molar-refractivity contribution in [1.29, 1.82) is 0 Å². The molecule has 228 valence electrons. The average molecular weight is 625 g/mol. The predicted octanol–water partition coefficient (Wildman–Crippen LogP) is 10.2. The second kappa shape index (κ2) is 12.1. The molecule has 4 saturated carbocycles. The molecule has 5 aliphatic carbocycles. The third-order valence-electron chi connectivity index (χ3n) is 12.1. The Morgan fingerprint density at radius 2 is 1.11 bits per heavy atom. The van der Waals surface area contributed by atoms with Crippen LogP contribution in [0.5, 0.6) is 0 Å². The van der Waals surface area contributed by atoms with Gasteiger partial charge in [0.25, 0.3) is 0 Å². The highest BCUT2D eigenvalue weighted by molar-refractivity contribution is 7.73. The Morgan fingerprint density at radius 1 is 0.622 bits per heavy atom. The highest BCUT2D eigenvalue weighted by Gasteiger charge is 2.60. The molecule has 0 nitrogen and oxygen atoms in total. The van der Waals surface area contributed by atoms with E-state index in [-0.39, 0.29) is 5.41 Å². The van der Waals surface area contributed by atoms with Crippen LogP contribution in [0.15, 0.2) is 121 Å². The van der Waals surface area contributed by atoms with E-state index >= 15 is 0 Å². The number of hydrogen-bond donors (Lipinski definition) is 0. The maximum atomic E-state index is 3.33. The van der Waals surface area contributed by atoms with Crippen molar-refractivity contribution in [3.63, 3.8) is 0 Å². The van der Waals surface area contributed by atoms with Gasteiger partial charge in [0, 0.05) is 11.3 Å². The first-order valence-corrected chi connectivity index (χ1v) is 19.6. The SMILES string of the molecule is Cc1ccccc1P(CC1C=C(c2ccccc2)C(c2ccccc2)=C1C1(CP)C2CC3CC(C2)CC1C3)c1ccccc1C. The van der Waals surface area contributed by atoms with Crippen molar-refractivity contribution in [2.75, 3.05) is 12.3 Å². The van der Waals surface area contributed by atoms with Gasteiger partial charge in [-0.25, -0.2) is 0 Å². The zero-order valence-corrected chi connectivity index (χ0v) is 28.9. The van der Waals surface area contributed by atoms with Gasteiger partial charge >= 0.3 is 0 Å². The monoisotopic (exact) mass is 624 g/mol. The lowest BCUT2D eigenvalue weighted by atomic mass is 9.43. The van der Waals surface area contributed by atoms with E-state index in [4.69, 9.17) is 0 Å². The molecule has 9 rings (SSSR count). The van der Waals surface area contributed by atoms with Crippen LogP contribution in [0.1, 0.15) is 54.4 Å². The quantitative estimate of drug-likeness (QED) is 0.171. The second-order valence-corrected chi connectivity index (χ2v) is 17.0. The van der Waals surface area contributed by atoms with Crippen LogP contribution in [-0.2, 0) is 0 Å². The number of hydrogen-bond acceptors (Lipinski definition) is 0. The lowest BCUT2D eigenvalue weighted by Crippen LogP contribution is -2.55. The van der Waals surface area contributed by atoms with Gasteiger partial charge in [0.15, 0.2) is 0 Å². The van der Waals surface area contributed by atoms with E-state index in [2.05, 4.69) is 138 Å². The molecule has 4 aromatic rings. The van der Waals surface area contributed by atoms with E-state index in [0.717, 1.165) is 23.7 Å². The summed E-state index contributed by atoms with van der Waals surface area (Å²) in [5, 5.41) is 3.10. The zero-order chi connectivity index (χ0) is 30.5. The summed E-state index contributed by atoms with van der Waals surface area (Å²) in [5.41, 5.74) is 10.7. The maximum Gasteiger partial charge on any atom is 0.00468 e. The molecule has 0 spiro atoms.